The fourth-order valence-electron chi connectivity index (χ4n) is 1.45. The van der Waals surface area contributed by atoms with Gasteiger partial charge in [0.1, 0.15) is 0 Å². The number of nitrogens with one attached hydrogen (secondary N) is 1. The first kappa shape index (κ1) is 15.1. The van der Waals surface area contributed by atoms with E-state index >= 15 is 0 Å². The maximum atomic E-state index is 5.20. The molecule has 1 N–H and O–H groups in total. The Kier molecular flexibility index (Phi) is 6.24. The minimum atomic E-state index is 0. The third-order valence-corrected chi connectivity index (χ3v) is 3.21. The topological polar surface area (TPSA) is 63.8 Å². The van der Waals surface area contributed by atoms with Crippen molar-refractivity contribution < 1.29 is 4.52 Å². The molecule has 0 aliphatic carbocycles. The Labute approximate surface area is 116 Å². The first-order valence-corrected chi connectivity index (χ1v) is 6.58. The molecule has 100 valence electrons. The van der Waals surface area contributed by atoms with Gasteiger partial charge in [-0.25, -0.2) is 4.98 Å². The van der Waals surface area contributed by atoms with Crippen LogP contribution in [0.3, 0.4) is 0 Å². The van der Waals surface area contributed by atoms with E-state index in [-0.39, 0.29) is 12.4 Å². The molecular formula is C11H17ClN4OS. The van der Waals surface area contributed by atoms with Gasteiger partial charge in [0.05, 0.1) is 11.2 Å². The molecule has 0 amide bonds. The maximum absolute atomic E-state index is 5.20. The standard InChI is InChI=1S/C11H16N4OS.ClH/c1-8(12-2)5-10-14-11(16-15-10)4-3-9-6-17-7-13-9;/h6-8,12H,3-5H2,1-2H3;1H. The Balaban J connectivity index is 0.00000162. The van der Waals surface area contributed by atoms with Crippen LogP contribution in [0.4, 0.5) is 0 Å². The maximum Gasteiger partial charge on any atom is 0.227 e. The number of aromatic nitrogens is 3. The van der Waals surface area contributed by atoms with Crippen molar-refractivity contribution in [2.24, 2.45) is 0 Å². The Morgan fingerprint density at radius 3 is 2.94 bits per heavy atom. The number of likely N-dealkylation sites (N-methyl/N-ethyl adjacent to an activating group) is 1. The summed E-state index contributed by atoms with van der Waals surface area (Å²) in [7, 11) is 1.92. The van der Waals surface area contributed by atoms with Gasteiger partial charge in [0.25, 0.3) is 0 Å². The van der Waals surface area contributed by atoms with E-state index in [0.717, 1.165) is 30.8 Å². The van der Waals surface area contributed by atoms with Crippen LogP contribution in [0.5, 0.6) is 0 Å². The zero-order chi connectivity index (χ0) is 12.1. The van der Waals surface area contributed by atoms with Crippen molar-refractivity contribution in [2.45, 2.75) is 32.2 Å². The number of thiazole rings is 1. The second kappa shape index (κ2) is 7.45. The van der Waals surface area contributed by atoms with Gasteiger partial charge >= 0.3 is 0 Å². The molecule has 0 saturated heterocycles. The lowest BCUT2D eigenvalue weighted by atomic mass is 10.2. The first-order chi connectivity index (χ1) is 8.28. The molecule has 0 aromatic carbocycles. The normalized spacial score (nSPS) is 12.1. The monoisotopic (exact) mass is 288 g/mol. The van der Waals surface area contributed by atoms with Crippen molar-refractivity contribution in [1.29, 1.82) is 0 Å². The summed E-state index contributed by atoms with van der Waals surface area (Å²) < 4.78 is 5.20. The van der Waals surface area contributed by atoms with Crippen LogP contribution < -0.4 is 5.32 Å². The largest absolute Gasteiger partial charge is 0.339 e. The molecule has 0 fully saturated rings. The number of aryl methyl sites for hydroxylation is 2. The van der Waals surface area contributed by atoms with Crippen molar-refractivity contribution in [1.82, 2.24) is 20.4 Å². The van der Waals surface area contributed by atoms with Gasteiger partial charge in [-0.05, 0) is 20.4 Å². The van der Waals surface area contributed by atoms with Crippen LogP contribution >= 0.6 is 23.7 Å². The quantitative estimate of drug-likeness (QED) is 0.879. The predicted octanol–water partition coefficient (Wildman–Crippen LogP) is 1.88. The number of rotatable bonds is 6. The predicted molar refractivity (Wildman–Crippen MR) is 73.3 cm³/mol. The van der Waals surface area contributed by atoms with Gasteiger partial charge in [-0.1, -0.05) is 5.16 Å². The highest BCUT2D eigenvalue weighted by atomic mass is 35.5. The van der Waals surface area contributed by atoms with Crippen LogP contribution in [0.15, 0.2) is 15.4 Å². The zero-order valence-electron chi connectivity index (χ0n) is 10.4. The van der Waals surface area contributed by atoms with Gasteiger partial charge in [0, 0.05) is 24.3 Å². The SMILES string of the molecule is CNC(C)Cc1noc(CCc2cscn2)n1.Cl. The molecule has 0 bridgehead atoms. The Morgan fingerprint density at radius 1 is 1.44 bits per heavy atom. The van der Waals surface area contributed by atoms with Gasteiger partial charge < -0.3 is 9.84 Å². The lowest BCUT2D eigenvalue weighted by Crippen LogP contribution is -2.24. The average Bonchev–Trinajstić information content (AvgIpc) is 2.97. The number of halogens is 1. The third-order valence-electron chi connectivity index (χ3n) is 2.57. The van der Waals surface area contributed by atoms with Crippen molar-refractivity contribution in [3.8, 4) is 0 Å². The van der Waals surface area contributed by atoms with Crippen molar-refractivity contribution >= 4 is 23.7 Å². The smallest absolute Gasteiger partial charge is 0.227 e. The van der Waals surface area contributed by atoms with Crippen molar-refractivity contribution in [2.75, 3.05) is 7.05 Å². The van der Waals surface area contributed by atoms with E-state index < -0.39 is 0 Å². The Hall–Kier alpha value is -0.980. The molecule has 2 aromatic rings. The number of hydrogen-bond acceptors (Lipinski definition) is 6. The highest BCUT2D eigenvalue weighted by molar-refractivity contribution is 7.07. The number of hydrogen-bond donors (Lipinski definition) is 1. The van der Waals surface area contributed by atoms with E-state index in [1.807, 2.05) is 17.9 Å². The summed E-state index contributed by atoms with van der Waals surface area (Å²) in [6.07, 6.45) is 2.40. The molecule has 0 spiro atoms. The molecule has 2 aromatic heterocycles. The van der Waals surface area contributed by atoms with Crippen LogP contribution in [-0.2, 0) is 19.3 Å². The fraction of sp³-hybridized carbons (Fsp3) is 0.545. The summed E-state index contributed by atoms with van der Waals surface area (Å²) in [6.45, 7) is 2.09. The van der Waals surface area contributed by atoms with E-state index in [1.165, 1.54) is 0 Å². The summed E-state index contributed by atoms with van der Waals surface area (Å²) in [5, 5.41) is 9.15. The summed E-state index contributed by atoms with van der Waals surface area (Å²) in [4.78, 5) is 8.57. The molecular weight excluding hydrogens is 272 g/mol. The highest BCUT2D eigenvalue weighted by Crippen LogP contribution is 2.07. The molecule has 7 heteroatoms. The van der Waals surface area contributed by atoms with E-state index in [1.54, 1.807) is 11.3 Å². The van der Waals surface area contributed by atoms with E-state index in [0.29, 0.717) is 11.9 Å². The van der Waals surface area contributed by atoms with Gasteiger partial charge in [0.2, 0.25) is 5.89 Å². The summed E-state index contributed by atoms with van der Waals surface area (Å²) in [5.41, 5.74) is 2.92. The van der Waals surface area contributed by atoms with Crippen molar-refractivity contribution in [3.05, 3.63) is 28.3 Å². The van der Waals surface area contributed by atoms with Crippen LogP contribution in [0.25, 0.3) is 0 Å². The molecule has 2 heterocycles. The lowest BCUT2D eigenvalue weighted by molar-refractivity contribution is 0.371. The molecule has 0 saturated carbocycles. The molecule has 0 aliphatic rings. The average molecular weight is 289 g/mol. The van der Waals surface area contributed by atoms with Crippen LogP contribution in [0.1, 0.15) is 24.3 Å². The number of nitrogens with zero attached hydrogens (tertiary/aromatic N) is 3. The molecule has 0 radical (unpaired) electrons. The molecule has 18 heavy (non-hydrogen) atoms. The van der Waals surface area contributed by atoms with E-state index in [2.05, 4.69) is 27.4 Å². The lowest BCUT2D eigenvalue weighted by Gasteiger charge is -2.04. The molecule has 5 nitrogen and oxygen atoms in total. The zero-order valence-corrected chi connectivity index (χ0v) is 12.1. The molecule has 1 unspecified atom stereocenters. The molecule has 1 atom stereocenters. The van der Waals surface area contributed by atoms with Gasteiger partial charge in [-0.3, -0.25) is 0 Å². The summed E-state index contributed by atoms with van der Waals surface area (Å²) >= 11 is 1.61. The second-order valence-electron chi connectivity index (χ2n) is 3.98. The Bertz CT molecular complexity index is 446. The van der Waals surface area contributed by atoms with Crippen molar-refractivity contribution in [3.63, 3.8) is 0 Å². The van der Waals surface area contributed by atoms with Gasteiger partial charge in [-0.15, -0.1) is 23.7 Å². The fourth-order valence-corrected chi connectivity index (χ4v) is 2.04. The second-order valence-corrected chi connectivity index (χ2v) is 4.70. The van der Waals surface area contributed by atoms with E-state index in [9.17, 15) is 0 Å². The van der Waals surface area contributed by atoms with Crippen LogP contribution in [0.2, 0.25) is 0 Å². The third kappa shape index (κ3) is 4.36. The highest BCUT2D eigenvalue weighted by Gasteiger charge is 2.09. The molecule has 0 aliphatic heterocycles. The Morgan fingerprint density at radius 2 is 2.28 bits per heavy atom. The summed E-state index contributed by atoms with van der Waals surface area (Å²) in [5.74, 6) is 1.46. The minimum absolute atomic E-state index is 0. The van der Waals surface area contributed by atoms with Gasteiger partial charge in [-0.2, -0.15) is 4.98 Å². The van der Waals surface area contributed by atoms with Crippen LogP contribution in [-0.4, -0.2) is 28.2 Å². The van der Waals surface area contributed by atoms with Crippen LogP contribution in [0, 0.1) is 0 Å². The minimum Gasteiger partial charge on any atom is -0.339 e. The van der Waals surface area contributed by atoms with E-state index in [4.69, 9.17) is 4.52 Å². The van der Waals surface area contributed by atoms with Gasteiger partial charge in [0.15, 0.2) is 5.82 Å². The molecule has 2 rings (SSSR count). The first-order valence-electron chi connectivity index (χ1n) is 5.63. The summed E-state index contributed by atoms with van der Waals surface area (Å²) in [6, 6.07) is 0.360.